The monoisotopic (exact) mass is 277 g/mol. The first-order valence-electron chi connectivity index (χ1n) is 5.76. The molecule has 0 heterocycles. The second kappa shape index (κ2) is 4.27. The first-order chi connectivity index (χ1) is 6.31. The molecular weight excluding hydrogens is 250 g/mol. The van der Waals surface area contributed by atoms with Gasteiger partial charge in [-0.05, 0) is 0 Å². The van der Waals surface area contributed by atoms with Crippen molar-refractivity contribution in [3.8, 4) is 0 Å². The van der Waals surface area contributed by atoms with E-state index >= 15 is 0 Å². The normalized spacial score (nSPS) is 15.3. The van der Waals surface area contributed by atoms with Crippen LogP contribution in [0.1, 0.15) is 0 Å². The van der Waals surface area contributed by atoms with Crippen LogP contribution in [0.3, 0.4) is 0 Å². The second-order valence-electron chi connectivity index (χ2n) is 7.67. The van der Waals surface area contributed by atoms with Gasteiger partial charge in [-0.25, -0.2) is 0 Å². The summed E-state index contributed by atoms with van der Waals surface area (Å²) in [5, 5.41) is 0. The Labute approximate surface area is 99.7 Å². The molecule has 0 saturated carbocycles. The van der Waals surface area contributed by atoms with Gasteiger partial charge in [0, 0.05) is 22.8 Å². The van der Waals surface area contributed by atoms with Gasteiger partial charge in [-0.2, -0.15) is 0 Å². The number of rotatable bonds is 4. The lowest BCUT2D eigenvalue weighted by Gasteiger charge is -2.55. The molecule has 0 fully saturated rings. The maximum Gasteiger partial charge on any atom is 0.330 e. The average Bonchev–Trinajstić information content (AvgIpc) is 1.76. The molecule has 0 aromatic heterocycles. The highest BCUT2D eigenvalue weighted by Gasteiger charge is 2.62. The van der Waals surface area contributed by atoms with Gasteiger partial charge in [0.25, 0.3) is 0 Å². The lowest BCUT2D eigenvalue weighted by atomic mass is 10.6. The van der Waals surface area contributed by atoms with Gasteiger partial charge in [0.15, 0.2) is 0 Å². The number of hydrogen-bond acceptors (Lipinski definition) is 0. The van der Waals surface area contributed by atoms with Gasteiger partial charge in [0.05, 0.1) is 6.50 Å². The minimum Gasteiger partial charge on any atom is -0.348 e. The van der Waals surface area contributed by atoms with E-state index in [1.807, 2.05) is 0 Å². The zero-order chi connectivity index (χ0) is 12.7. The largest absolute Gasteiger partial charge is 0.348 e. The Morgan fingerprint density at radius 2 is 0.800 bits per heavy atom. The fourth-order valence-electron chi connectivity index (χ4n) is 3.87. The van der Waals surface area contributed by atoms with Crippen molar-refractivity contribution in [2.45, 2.75) is 58.9 Å². The van der Waals surface area contributed by atoms with Crippen molar-refractivity contribution in [1.82, 2.24) is 0 Å². The molecule has 89 valence electrons. The van der Waals surface area contributed by atoms with E-state index in [9.17, 15) is 4.32 Å². The predicted octanol–water partition coefficient (Wildman–Crippen LogP) is 3.77. The van der Waals surface area contributed by atoms with Crippen LogP contribution in [0.5, 0.6) is 0 Å². The Morgan fingerprint density at radius 3 is 0.800 bits per heavy atom. The van der Waals surface area contributed by atoms with Crippen LogP contribution in [0.4, 0.5) is 4.32 Å². The Balaban J connectivity index is 5.78. The molecule has 0 rings (SSSR count). The van der Waals surface area contributed by atoms with E-state index in [-0.39, 0.29) is 0 Å². The van der Waals surface area contributed by atoms with E-state index < -0.39 is 29.3 Å². The standard InChI is InChI=1S/C9H27BFSi4/c1-12(2,3)15(10-11,13(4,5)6)14(7,8)9/h1-9H3. The fraction of sp³-hybridized carbons (Fsp3) is 1.00. The first-order valence-corrected chi connectivity index (χ1v) is 21.3. The van der Waals surface area contributed by atoms with E-state index in [0.717, 1.165) is 0 Å². The SMILES string of the molecule is C[Si](C)(C)[Si]([B]F)([Si](C)(C)C)[Si](C)(C)C. The summed E-state index contributed by atoms with van der Waals surface area (Å²) >= 11 is 0. The summed E-state index contributed by atoms with van der Waals surface area (Å²) in [4.78, 5) is 0. The Hall–Kier alpha value is 0.862. The first kappa shape index (κ1) is 15.9. The van der Waals surface area contributed by atoms with Crippen LogP contribution in [0.15, 0.2) is 0 Å². The van der Waals surface area contributed by atoms with Crippen molar-refractivity contribution < 1.29 is 4.32 Å². The second-order valence-corrected chi connectivity index (χ2v) is 48.1. The van der Waals surface area contributed by atoms with E-state index in [1.54, 1.807) is 0 Å². The van der Waals surface area contributed by atoms with Crippen molar-refractivity contribution in [2.24, 2.45) is 0 Å². The van der Waals surface area contributed by atoms with Gasteiger partial charge in [0.2, 0.25) is 0 Å². The molecule has 0 amide bonds. The molecule has 0 unspecified atom stereocenters. The molecular formula is C9H27BFSi4. The van der Waals surface area contributed by atoms with E-state index in [2.05, 4.69) is 58.9 Å². The lowest BCUT2D eigenvalue weighted by Crippen LogP contribution is -2.85. The minimum absolute atomic E-state index is 1.26. The summed E-state index contributed by atoms with van der Waals surface area (Å²) in [6.07, 6.45) is 0. The van der Waals surface area contributed by atoms with Crippen molar-refractivity contribution in [3.63, 3.8) is 0 Å². The predicted molar refractivity (Wildman–Crippen MR) is 82.7 cm³/mol. The zero-order valence-corrected chi connectivity index (χ0v) is 16.0. The molecule has 0 aliphatic carbocycles. The maximum atomic E-state index is 13.8. The van der Waals surface area contributed by atoms with Gasteiger partial charge in [-0.1, -0.05) is 58.9 Å². The van der Waals surface area contributed by atoms with Gasteiger partial charge in [-0.3, -0.25) is 0 Å². The summed E-state index contributed by atoms with van der Waals surface area (Å²) in [6.45, 7) is 19.8. The van der Waals surface area contributed by atoms with Crippen molar-refractivity contribution in [2.75, 3.05) is 0 Å². The van der Waals surface area contributed by atoms with Gasteiger partial charge >= 0.3 is 7.15 Å². The molecule has 0 bridgehead atoms. The molecule has 15 heavy (non-hydrogen) atoms. The third-order valence-corrected chi connectivity index (χ3v) is 73.9. The van der Waals surface area contributed by atoms with Crippen LogP contribution in [-0.4, -0.2) is 36.4 Å². The fourth-order valence-corrected chi connectivity index (χ4v) is 95.5. The highest BCUT2D eigenvalue weighted by atomic mass is 29.9. The third kappa shape index (κ3) is 2.58. The van der Waals surface area contributed by atoms with E-state index in [4.69, 9.17) is 0 Å². The Morgan fingerprint density at radius 1 is 0.600 bits per heavy atom. The Bertz CT molecular complexity index is 188. The van der Waals surface area contributed by atoms with E-state index in [0.29, 0.717) is 0 Å². The highest BCUT2D eigenvalue weighted by molar-refractivity contribution is 8.01. The van der Waals surface area contributed by atoms with E-state index in [1.165, 1.54) is 7.15 Å². The molecule has 0 saturated heterocycles. The molecule has 1 radical (unpaired) electrons. The summed E-state index contributed by atoms with van der Waals surface area (Å²) < 4.78 is 13.8. The Kier molecular flexibility index (Phi) is 4.52. The summed E-state index contributed by atoms with van der Waals surface area (Å²) in [6, 6.07) is 0. The highest BCUT2D eigenvalue weighted by Crippen LogP contribution is 2.36. The van der Waals surface area contributed by atoms with Crippen LogP contribution < -0.4 is 0 Å². The van der Waals surface area contributed by atoms with Crippen molar-refractivity contribution in [1.29, 1.82) is 0 Å². The third-order valence-electron chi connectivity index (χ3n) is 3.71. The van der Waals surface area contributed by atoms with Crippen LogP contribution in [0.25, 0.3) is 0 Å². The minimum atomic E-state index is -1.75. The van der Waals surface area contributed by atoms with Crippen molar-refractivity contribution in [3.05, 3.63) is 0 Å². The van der Waals surface area contributed by atoms with Crippen LogP contribution in [0.2, 0.25) is 58.9 Å². The molecule has 0 aliphatic heterocycles. The average molecular weight is 277 g/mol. The molecule has 6 heteroatoms. The topological polar surface area (TPSA) is 0 Å². The molecule has 0 nitrogen and oxygen atoms in total. The zero-order valence-electron chi connectivity index (χ0n) is 12.0. The van der Waals surface area contributed by atoms with Gasteiger partial charge in [0.1, 0.15) is 0 Å². The summed E-state index contributed by atoms with van der Waals surface area (Å²) in [5.74, 6) is 0. The van der Waals surface area contributed by atoms with Crippen molar-refractivity contribution >= 4 is 36.4 Å². The number of hydrogen-bond donors (Lipinski definition) is 0. The molecule has 0 N–H and O–H groups in total. The summed E-state index contributed by atoms with van der Waals surface area (Å²) in [5.41, 5.74) is 0. The molecule has 0 aliphatic rings. The smallest absolute Gasteiger partial charge is 0.330 e. The van der Waals surface area contributed by atoms with Crippen LogP contribution in [-0.2, 0) is 0 Å². The van der Waals surface area contributed by atoms with Crippen LogP contribution >= 0.6 is 0 Å². The number of halogens is 1. The van der Waals surface area contributed by atoms with Gasteiger partial charge < -0.3 is 4.32 Å². The van der Waals surface area contributed by atoms with Crippen LogP contribution in [0, 0.1) is 0 Å². The molecule has 0 spiro atoms. The quantitative estimate of drug-likeness (QED) is 0.686. The summed E-state index contributed by atoms with van der Waals surface area (Å²) in [7, 11) is -2.87. The lowest BCUT2D eigenvalue weighted by molar-refractivity contribution is 0.891. The molecule has 0 atom stereocenters. The maximum absolute atomic E-state index is 13.8. The van der Waals surface area contributed by atoms with Gasteiger partial charge in [-0.15, -0.1) is 0 Å². The molecule has 0 aromatic carbocycles. The molecule has 0 aromatic rings.